The largest absolute Gasteiger partial charge is 0.272 e. The molecule has 12 heavy (non-hydrogen) atoms. The molecule has 0 saturated carbocycles. The lowest BCUT2D eigenvalue weighted by molar-refractivity contribution is -0.200. The first-order chi connectivity index (χ1) is 5.65. The predicted molar refractivity (Wildman–Crippen MR) is 41.9 cm³/mol. The molecule has 1 saturated heterocycles. The number of imide groups is 1. The Balaban J connectivity index is 2.50. The number of hydrogen-bond acceptors (Lipinski definition) is 3. The maximum atomic E-state index is 11.0. The van der Waals surface area contributed by atoms with Crippen molar-refractivity contribution in [2.75, 3.05) is 0 Å². The minimum absolute atomic E-state index is 0.0731. The topological polar surface area (TPSA) is 46.6 Å². The van der Waals surface area contributed by atoms with Crippen molar-refractivity contribution in [3.8, 4) is 0 Å². The minimum Gasteiger partial charge on any atom is -0.272 e. The molecule has 0 radical (unpaired) electrons. The van der Waals surface area contributed by atoms with Gasteiger partial charge in [0.2, 0.25) is 0 Å². The van der Waals surface area contributed by atoms with Crippen molar-refractivity contribution in [2.24, 2.45) is 0 Å². The first-order valence-corrected chi connectivity index (χ1v) is 4.17. The van der Waals surface area contributed by atoms with Gasteiger partial charge >= 0.3 is 0 Å². The highest BCUT2D eigenvalue weighted by Crippen LogP contribution is 2.14. The molecule has 68 valence electrons. The molecular formula is C8H13NO3. The zero-order valence-corrected chi connectivity index (χ0v) is 7.37. The number of nitrogens with zero attached hydrogens (tertiary/aromatic N) is 1. The zero-order chi connectivity index (χ0) is 9.14. The zero-order valence-electron chi connectivity index (χ0n) is 7.37. The van der Waals surface area contributed by atoms with Crippen molar-refractivity contribution in [3.05, 3.63) is 0 Å². The normalized spacial score (nSPS) is 20.3. The summed E-state index contributed by atoms with van der Waals surface area (Å²) < 4.78 is 0. The third kappa shape index (κ3) is 1.82. The van der Waals surface area contributed by atoms with Gasteiger partial charge < -0.3 is 0 Å². The van der Waals surface area contributed by atoms with Crippen molar-refractivity contribution in [1.82, 2.24) is 5.06 Å². The molecule has 0 aromatic carbocycles. The molecule has 1 rings (SSSR count). The van der Waals surface area contributed by atoms with Crippen LogP contribution in [0.25, 0.3) is 0 Å². The fraction of sp³-hybridized carbons (Fsp3) is 0.750. The van der Waals surface area contributed by atoms with Crippen molar-refractivity contribution in [2.45, 2.75) is 39.2 Å². The molecule has 1 aliphatic heterocycles. The summed E-state index contributed by atoms with van der Waals surface area (Å²) in [7, 11) is 0. The second-order valence-corrected chi connectivity index (χ2v) is 2.91. The van der Waals surface area contributed by atoms with Crippen LogP contribution in [0.5, 0.6) is 0 Å². The first-order valence-electron chi connectivity index (χ1n) is 4.17. The summed E-state index contributed by atoms with van der Waals surface area (Å²) >= 11 is 0. The van der Waals surface area contributed by atoms with Gasteiger partial charge in [0.1, 0.15) is 0 Å². The van der Waals surface area contributed by atoms with Crippen LogP contribution in [-0.2, 0) is 14.4 Å². The third-order valence-electron chi connectivity index (χ3n) is 1.87. The Hall–Kier alpha value is -0.900. The van der Waals surface area contributed by atoms with Crippen LogP contribution in [0.15, 0.2) is 0 Å². The molecule has 2 amide bonds. The van der Waals surface area contributed by atoms with Crippen LogP contribution in [0, 0.1) is 0 Å². The average molecular weight is 171 g/mol. The summed E-state index contributed by atoms with van der Waals surface area (Å²) in [5, 5.41) is 0.897. The highest BCUT2D eigenvalue weighted by Gasteiger charge is 2.31. The minimum atomic E-state index is -0.222. The van der Waals surface area contributed by atoms with E-state index in [2.05, 4.69) is 0 Å². The maximum absolute atomic E-state index is 11.0. The Morgan fingerprint density at radius 2 is 1.92 bits per heavy atom. The van der Waals surface area contributed by atoms with E-state index in [1.165, 1.54) is 0 Å². The lowest BCUT2D eigenvalue weighted by Crippen LogP contribution is -2.32. The molecule has 1 unspecified atom stereocenters. The Morgan fingerprint density at radius 3 is 2.33 bits per heavy atom. The molecule has 4 heteroatoms. The van der Waals surface area contributed by atoms with Crippen LogP contribution in [0.1, 0.15) is 33.1 Å². The van der Waals surface area contributed by atoms with E-state index < -0.39 is 0 Å². The van der Waals surface area contributed by atoms with Gasteiger partial charge in [0.05, 0.1) is 6.10 Å². The molecular weight excluding hydrogens is 158 g/mol. The van der Waals surface area contributed by atoms with Crippen molar-refractivity contribution < 1.29 is 14.4 Å². The van der Waals surface area contributed by atoms with Crippen molar-refractivity contribution >= 4 is 11.8 Å². The molecule has 0 spiro atoms. The molecule has 1 heterocycles. The lowest BCUT2D eigenvalue weighted by atomic mass is 10.3. The molecule has 1 atom stereocenters. The van der Waals surface area contributed by atoms with E-state index in [0.29, 0.717) is 0 Å². The van der Waals surface area contributed by atoms with E-state index in [9.17, 15) is 9.59 Å². The van der Waals surface area contributed by atoms with Crippen LogP contribution in [0.3, 0.4) is 0 Å². The number of carbonyl (C=O) groups excluding carboxylic acids is 2. The van der Waals surface area contributed by atoms with Crippen LogP contribution in [0.2, 0.25) is 0 Å². The Bertz CT molecular complexity index is 186. The molecule has 0 N–H and O–H groups in total. The number of amides is 2. The Kier molecular flexibility index (Phi) is 2.81. The summed E-state index contributed by atoms with van der Waals surface area (Å²) in [5.41, 5.74) is 0. The second-order valence-electron chi connectivity index (χ2n) is 2.91. The number of carbonyl (C=O) groups is 2. The van der Waals surface area contributed by atoms with E-state index >= 15 is 0 Å². The molecule has 1 aliphatic rings. The van der Waals surface area contributed by atoms with E-state index in [1.54, 1.807) is 0 Å². The van der Waals surface area contributed by atoms with Gasteiger partial charge in [-0.25, -0.2) is 0 Å². The standard InChI is InChI=1S/C8H13NO3/c1-3-6(2)12-9-7(10)4-5-8(9)11/h6H,3-5H2,1-2H3. The second kappa shape index (κ2) is 3.67. The molecule has 0 aliphatic carbocycles. The van der Waals surface area contributed by atoms with Gasteiger partial charge in [0.25, 0.3) is 11.8 Å². The van der Waals surface area contributed by atoms with E-state index in [0.717, 1.165) is 11.5 Å². The van der Waals surface area contributed by atoms with Gasteiger partial charge in [-0.1, -0.05) is 6.92 Å². The predicted octanol–water partition coefficient (Wildman–Crippen LogP) is 0.865. The summed E-state index contributed by atoms with van der Waals surface area (Å²) in [6.07, 6.45) is 1.29. The van der Waals surface area contributed by atoms with Gasteiger partial charge in [-0.15, -0.1) is 0 Å². The van der Waals surface area contributed by atoms with Crippen molar-refractivity contribution in [3.63, 3.8) is 0 Å². The quantitative estimate of drug-likeness (QED) is 0.592. The number of hydroxylamine groups is 2. The van der Waals surface area contributed by atoms with Crippen LogP contribution < -0.4 is 0 Å². The van der Waals surface area contributed by atoms with Gasteiger partial charge in [-0.3, -0.25) is 14.4 Å². The number of hydrogen-bond donors (Lipinski definition) is 0. The summed E-state index contributed by atoms with van der Waals surface area (Å²) in [6, 6.07) is 0. The fourth-order valence-corrected chi connectivity index (χ4v) is 0.928. The summed E-state index contributed by atoms with van der Waals surface area (Å²) in [5.74, 6) is -0.444. The smallest absolute Gasteiger partial charge is 0.254 e. The van der Waals surface area contributed by atoms with Crippen LogP contribution in [0.4, 0.5) is 0 Å². The van der Waals surface area contributed by atoms with E-state index in [-0.39, 0.29) is 30.8 Å². The van der Waals surface area contributed by atoms with Gasteiger partial charge in [-0.2, -0.15) is 5.06 Å². The van der Waals surface area contributed by atoms with E-state index in [1.807, 2.05) is 13.8 Å². The SMILES string of the molecule is CCC(C)ON1C(=O)CCC1=O. The van der Waals surface area contributed by atoms with Gasteiger partial charge in [0, 0.05) is 12.8 Å². The maximum Gasteiger partial charge on any atom is 0.254 e. The molecule has 4 nitrogen and oxygen atoms in total. The summed E-state index contributed by atoms with van der Waals surface area (Å²) in [4.78, 5) is 27.2. The highest BCUT2D eigenvalue weighted by molar-refractivity contribution is 6.00. The highest BCUT2D eigenvalue weighted by atomic mass is 16.7. The fourth-order valence-electron chi connectivity index (χ4n) is 0.928. The van der Waals surface area contributed by atoms with Gasteiger partial charge in [-0.05, 0) is 13.3 Å². The summed E-state index contributed by atoms with van der Waals surface area (Å²) in [6.45, 7) is 3.77. The van der Waals surface area contributed by atoms with Crippen LogP contribution >= 0.6 is 0 Å². The first kappa shape index (κ1) is 9.19. The number of rotatable bonds is 3. The average Bonchev–Trinajstić information content (AvgIpc) is 2.35. The lowest BCUT2D eigenvalue weighted by Gasteiger charge is -2.17. The van der Waals surface area contributed by atoms with Gasteiger partial charge in [0.15, 0.2) is 0 Å². The molecule has 0 aromatic rings. The third-order valence-corrected chi connectivity index (χ3v) is 1.87. The van der Waals surface area contributed by atoms with E-state index in [4.69, 9.17) is 4.84 Å². The monoisotopic (exact) mass is 171 g/mol. The van der Waals surface area contributed by atoms with Crippen molar-refractivity contribution in [1.29, 1.82) is 0 Å². The Labute approximate surface area is 71.4 Å². The molecule has 0 aromatic heterocycles. The van der Waals surface area contributed by atoms with Crippen LogP contribution in [-0.4, -0.2) is 23.0 Å². The molecule has 1 fully saturated rings. The Morgan fingerprint density at radius 1 is 1.42 bits per heavy atom. The molecule has 0 bridgehead atoms.